The Bertz CT molecular complexity index is 1290. The van der Waals surface area contributed by atoms with E-state index in [0.717, 1.165) is 47.8 Å². The van der Waals surface area contributed by atoms with Crippen LogP contribution in [0.2, 0.25) is 0 Å². The molecule has 6 rings (SSSR count). The molecule has 2 aromatic carbocycles. The third-order valence-electron chi connectivity index (χ3n) is 6.64. The Morgan fingerprint density at radius 1 is 0.794 bits per heavy atom. The van der Waals surface area contributed by atoms with Gasteiger partial charge in [-0.1, -0.05) is 24.3 Å². The van der Waals surface area contributed by atoms with Crippen molar-refractivity contribution in [3.8, 4) is 27.6 Å². The summed E-state index contributed by atoms with van der Waals surface area (Å²) in [6, 6.07) is 18.3. The Hall–Kier alpha value is -3.16. The number of rotatable bonds is 4. The van der Waals surface area contributed by atoms with E-state index in [4.69, 9.17) is 14.7 Å². The number of piperidine rings is 1. The minimum Gasteiger partial charge on any atom is -0.508 e. The summed E-state index contributed by atoms with van der Waals surface area (Å²) in [5, 5.41) is 9.99. The highest BCUT2D eigenvalue weighted by Crippen LogP contribution is 2.39. The molecule has 0 bridgehead atoms. The Morgan fingerprint density at radius 3 is 2.35 bits per heavy atom. The predicted molar refractivity (Wildman–Crippen MR) is 139 cm³/mol. The molecule has 0 spiro atoms. The zero-order valence-corrected chi connectivity index (χ0v) is 19.9. The lowest BCUT2D eigenvalue weighted by atomic mass is 10.1. The van der Waals surface area contributed by atoms with E-state index < -0.39 is 0 Å². The first kappa shape index (κ1) is 21.4. The number of phenols is 1. The Labute approximate surface area is 203 Å². The molecule has 0 atom stereocenters. The van der Waals surface area contributed by atoms with Gasteiger partial charge in [0.2, 0.25) is 0 Å². The maximum atomic E-state index is 9.99. The van der Waals surface area contributed by atoms with Gasteiger partial charge >= 0.3 is 0 Å². The molecule has 0 unspecified atom stereocenters. The van der Waals surface area contributed by atoms with E-state index in [2.05, 4.69) is 40.1 Å². The van der Waals surface area contributed by atoms with Crippen LogP contribution in [0, 0.1) is 0 Å². The van der Waals surface area contributed by atoms with Crippen LogP contribution in [0.4, 0.5) is 11.5 Å². The van der Waals surface area contributed by atoms with Crippen LogP contribution in [0.15, 0.2) is 54.6 Å². The van der Waals surface area contributed by atoms with E-state index in [1.165, 1.54) is 35.4 Å². The van der Waals surface area contributed by atoms with Gasteiger partial charge < -0.3 is 19.6 Å². The van der Waals surface area contributed by atoms with Crippen LogP contribution < -0.4 is 9.80 Å². The van der Waals surface area contributed by atoms with Crippen LogP contribution in [0.5, 0.6) is 5.75 Å². The number of phenolic OH excluding ortho intramolecular Hbond substituents is 1. The maximum Gasteiger partial charge on any atom is 0.162 e. The van der Waals surface area contributed by atoms with E-state index in [-0.39, 0.29) is 5.75 Å². The summed E-state index contributed by atoms with van der Waals surface area (Å²) in [6.45, 7) is 5.32. The number of hydrogen-bond acceptors (Lipinski definition) is 7. The van der Waals surface area contributed by atoms with Crippen molar-refractivity contribution in [2.45, 2.75) is 19.3 Å². The summed E-state index contributed by atoms with van der Waals surface area (Å²) in [5.41, 5.74) is 4.27. The SMILES string of the molecule is Oc1cccc(-c2nc(N3CCOCC3)c3sc(-c4ccc(N5CCCCC5)cc4)cc3n2)c1. The average Bonchev–Trinajstić information content (AvgIpc) is 3.34. The summed E-state index contributed by atoms with van der Waals surface area (Å²) in [5.74, 6) is 1.80. The van der Waals surface area contributed by atoms with Gasteiger partial charge in [0.05, 0.1) is 23.4 Å². The fourth-order valence-corrected chi connectivity index (χ4v) is 5.93. The predicted octanol–water partition coefficient (Wildman–Crippen LogP) is 5.56. The summed E-state index contributed by atoms with van der Waals surface area (Å²) in [4.78, 5) is 15.8. The second kappa shape index (κ2) is 9.24. The van der Waals surface area contributed by atoms with Gasteiger partial charge in [-0.15, -0.1) is 11.3 Å². The van der Waals surface area contributed by atoms with Crippen LogP contribution in [0.25, 0.3) is 32.0 Å². The molecule has 0 radical (unpaired) electrons. The van der Waals surface area contributed by atoms with Crippen LogP contribution in [-0.4, -0.2) is 54.5 Å². The zero-order chi connectivity index (χ0) is 22.9. The Balaban J connectivity index is 1.40. The summed E-state index contributed by atoms with van der Waals surface area (Å²) >= 11 is 1.75. The topological polar surface area (TPSA) is 61.7 Å². The van der Waals surface area contributed by atoms with E-state index >= 15 is 0 Å². The number of thiophene rings is 1. The molecule has 2 aliphatic rings. The fraction of sp³-hybridized carbons (Fsp3) is 0.333. The molecule has 4 aromatic rings. The van der Waals surface area contributed by atoms with Crippen LogP contribution in [0.3, 0.4) is 0 Å². The first-order chi connectivity index (χ1) is 16.7. The zero-order valence-electron chi connectivity index (χ0n) is 19.1. The van der Waals surface area contributed by atoms with Crippen LogP contribution >= 0.6 is 11.3 Å². The molecule has 4 heterocycles. The van der Waals surface area contributed by atoms with Crippen molar-refractivity contribution in [3.05, 3.63) is 54.6 Å². The van der Waals surface area contributed by atoms with E-state index in [1.807, 2.05) is 12.1 Å². The minimum absolute atomic E-state index is 0.217. The Morgan fingerprint density at radius 2 is 1.59 bits per heavy atom. The van der Waals surface area contributed by atoms with Gasteiger partial charge in [0.25, 0.3) is 0 Å². The molecular formula is C27H28N4O2S. The van der Waals surface area contributed by atoms with E-state index in [9.17, 15) is 5.11 Å². The third-order valence-corrected chi connectivity index (χ3v) is 7.81. The van der Waals surface area contributed by atoms with Gasteiger partial charge in [0.15, 0.2) is 11.6 Å². The molecule has 2 saturated heterocycles. The van der Waals surface area contributed by atoms with E-state index in [0.29, 0.717) is 19.0 Å². The smallest absolute Gasteiger partial charge is 0.162 e. The van der Waals surface area contributed by atoms with E-state index in [1.54, 1.807) is 23.5 Å². The molecular weight excluding hydrogens is 444 g/mol. The number of aromatic nitrogens is 2. The highest BCUT2D eigenvalue weighted by atomic mass is 32.1. The molecule has 2 aromatic heterocycles. The molecule has 1 N–H and O–H groups in total. The van der Waals surface area contributed by atoms with Crippen LogP contribution in [-0.2, 0) is 4.74 Å². The lowest BCUT2D eigenvalue weighted by molar-refractivity contribution is 0.122. The molecule has 2 fully saturated rings. The number of nitrogens with zero attached hydrogens (tertiary/aromatic N) is 4. The molecule has 2 aliphatic heterocycles. The van der Waals surface area contributed by atoms with Gasteiger partial charge in [0, 0.05) is 42.3 Å². The summed E-state index contributed by atoms with van der Waals surface area (Å²) < 4.78 is 6.68. The number of fused-ring (bicyclic) bond motifs is 1. The van der Waals surface area contributed by atoms with Crippen molar-refractivity contribution in [1.29, 1.82) is 0 Å². The normalized spacial score (nSPS) is 16.8. The number of morpholine rings is 1. The quantitative estimate of drug-likeness (QED) is 0.420. The van der Waals surface area contributed by atoms with Gasteiger partial charge in [0.1, 0.15) is 5.75 Å². The first-order valence-electron chi connectivity index (χ1n) is 12.0. The molecule has 7 heteroatoms. The number of anilines is 2. The average molecular weight is 473 g/mol. The molecule has 0 amide bonds. The first-order valence-corrected chi connectivity index (χ1v) is 12.9. The summed E-state index contributed by atoms with van der Waals surface area (Å²) in [7, 11) is 0. The van der Waals surface area contributed by atoms with Crippen molar-refractivity contribution in [1.82, 2.24) is 9.97 Å². The number of aromatic hydroxyl groups is 1. The second-order valence-electron chi connectivity index (χ2n) is 8.94. The molecule has 6 nitrogen and oxygen atoms in total. The number of hydrogen-bond donors (Lipinski definition) is 1. The standard InChI is InChI=1S/C27H28N4O2S/c32-22-6-4-5-20(17-22)26-28-23-18-24(34-25(23)27(29-26)31-13-15-33-16-14-31)19-7-9-21(10-8-19)30-11-2-1-3-12-30/h4-10,17-18,32H,1-3,11-16H2. The third kappa shape index (κ3) is 4.21. The fourth-order valence-electron chi connectivity index (χ4n) is 4.81. The molecule has 174 valence electrons. The van der Waals surface area contributed by atoms with Crippen molar-refractivity contribution < 1.29 is 9.84 Å². The molecule has 0 saturated carbocycles. The van der Waals surface area contributed by atoms with Gasteiger partial charge in [-0.25, -0.2) is 9.97 Å². The van der Waals surface area contributed by atoms with Gasteiger partial charge in [-0.05, 0) is 55.2 Å². The summed E-state index contributed by atoms with van der Waals surface area (Å²) in [6.07, 6.45) is 3.90. The van der Waals surface area contributed by atoms with Crippen molar-refractivity contribution in [3.63, 3.8) is 0 Å². The lowest BCUT2D eigenvalue weighted by Gasteiger charge is -2.28. The largest absolute Gasteiger partial charge is 0.508 e. The number of ether oxygens (including phenoxy) is 1. The van der Waals surface area contributed by atoms with Gasteiger partial charge in [-0.2, -0.15) is 0 Å². The van der Waals surface area contributed by atoms with Crippen molar-refractivity contribution in [2.75, 3.05) is 49.2 Å². The monoisotopic (exact) mass is 472 g/mol. The van der Waals surface area contributed by atoms with Crippen molar-refractivity contribution in [2.24, 2.45) is 0 Å². The molecule has 34 heavy (non-hydrogen) atoms. The maximum absolute atomic E-state index is 9.99. The lowest BCUT2D eigenvalue weighted by Crippen LogP contribution is -2.36. The van der Waals surface area contributed by atoms with Gasteiger partial charge in [-0.3, -0.25) is 0 Å². The minimum atomic E-state index is 0.217. The Kier molecular flexibility index (Phi) is 5.81. The second-order valence-corrected chi connectivity index (χ2v) is 9.99. The molecule has 0 aliphatic carbocycles. The highest BCUT2D eigenvalue weighted by Gasteiger charge is 2.21. The number of benzene rings is 2. The highest BCUT2D eigenvalue weighted by molar-refractivity contribution is 7.22. The van der Waals surface area contributed by atoms with Crippen LogP contribution in [0.1, 0.15) is 19.3 Å². The van der Waals surface area contributed by atoms with Crippen molar-refractivity contribution >= 4 is 33.1 Å².